The van der Waals surface area contributed by atoms with Crippen LogP contribution in [-0.2, 0) is 4.74 Å². The van der Waals surface area contributed by atoms with Crippen molar-refractivity contribution in [3.05, 3.63) is 18.6 Å². The molecule has 2 heterocycles. The third-order valence-electron chi connectivity index (χ3n) is 3.60. The molecular formula is C14H21N5O. The monoisotopic (exact) mass is 275 g/mol. The van der Waals surface area contributed by atoms with Gasteiger partial charge in [-0.3, -0.25) is 0 Å². The second kappa shape index (κ2) is 5.66. The Kier molecular flexibility index (Phi) is 3.73. The van der Waals surface area contributed by atoms with Crippen LogP contribution in [0.2, 0.25) is 0 Å². The quantitative estimate of drug-likeness (QED) is 0.778. The van der Waals surface area contributed by atoms with E-state index in [1.807, 2.05) is 30.9 Å². The molecule has 1 saturated carbocycles. The summed E-state index contributed by atoms with van der Waals surface area (Å²) in [4.78, 5) is 11.1. The van der Waals surface area contributed by atoms with E-state index in [0.717, 1.165) is 43.0 Å². The van der Waals surface area contributed by atoms with Gasteiger partial charge in [0.05, 0.1) is 12.8 Å². The molecule has 1 fully saturated rings. The van der Waals surface area contributed by atoms with Crippen LogP contribution in [0.5, 0.6) is 0 Å². The summed E-state index contributed by atoms with van der Waals surface area (Å²) in [7, 11) is 3.89. The highest BCUT2D eigenvalue weighted by molar-refractivity contribution is 5.66. The van der Waals surface area contributed by atoms with Crippen LogP contribution in [-0.4, -0.2) is 48.2 Å². The summed E-state index contributed by atoms with van der Waals surface area (Å²) >= 11 is 0. The Morgan fingerprint density at radius 3 is 3.10 bits per heavy atom. The van der Waals surface area contributed by atoms with Gasteiger partial charge >= 0.3 is 0 Å². The first-order valence-electron chi connectivity index (χ1n) is 7.08. The van der Waals surface area contributed by atoms with Crippen molar-refractivity contribution in [3.63, 3.8) is 0 Å². The van der Waals surface area contributed by atoms with Crippen molar-refractivity contribution in [2.24, 2.45) is 5.92 Å². The Morgan fingerprint density at radius 2 is 2.35 bits per heavy atom. The molecule has 0 unspecified atom stereocenters. The lowest BCUT2D eigenvalue weighted by molar-refractivity contribution is 0.131. The number of rotatable bonds is 7. The predicted octanol–water partition coefficient (Wildman–Crippen LogP) is 1.63. The van der Waals surface area contributed by atoms with Crippen LogP contribution in [0.25, 0.3) is 5.65 Å². The fourth-order valence-corrected chi connectivity index (χ4v) is 2.13. The molecular weight excluding hydrogens is 254 g/mol. The van der Waals surface area contributed by atoms with Gasteiger partial charge in [-0.05, 0) is 18.8 Å². The van der Waals surface area contributed by atoms with Gasteiger partial charge in [0.1, 0.15) is 5.82 Å². The number of hydrogen-bond donors (Lipinski definition) is 1. The molecule has 0 spiro atoms. The lowest BCUT2D eigenvalue weighted by atomic mass is 10.4. The zero-order valence-electron chi connectivity index (χ0n) is 12.0. The average molecular weight is 275 g/mol. The fourth-order valence-electron chi connectivity index (χ4n) is 2.13. The smallest absolute Gasteiger partial charge is 0.180 e. The summed E-state index contributed by atoms with van der Waals surface area (Å²) in [6, 6.07) is 0. The molecule has 0 radical (unpaired) electrons. The van der Waals surface area contributed by atoms with Crippen molar-refractivity contribution in [2.75, 3.05) is 44.1 Å². The zero-order valence-corrected chi connectivity index (χ0v) is 12.0. The lowest BCUT2D eigenvalue weighted by Crippen LogP contribution is -2.25. The normalized spacial score (nSPS) is 14.7. The van der Waals surface area contributed by atoms with Gasteiger partial charge in [-0.15, -0.1) is 0 Å². The first-order chi connectivity index (χ1) is 9.78. The molecule has 1 aliphatic carbocycles. The van der Waals surface area contributed by atoms with Gasteiger partial charge in [-0.2, -0.15) is 0 Å². The largest absolute Gasteiger partial charge is 0.379 e. The minimum absolute atomic E-state index is 0.728. The van der Waals surface area contributed by atoms with E-state index in [1.54, 1.807) is 6.20 Å². The standard InChI is InChI=1S/C14H21N5O/c1-15-12-9-19-6-5-16-13(19)14(17-12)18(2)7-8-20-10-11-3-4-11/h5-6,9,11,15H,3-4,7-8,10H2,1-2H3. The number of nitrogens with one attached hydrogen (secondary N) is 1. The van der Waals surface area contributed by atoms with Crippen LogP contribution in [0.15, 0.2) is 18.6 Å². The molecule has 1 N–H and O–H groups in total. The highest BCUT2D eigenvalue weighted by Gasteiger charge is 2.21. The highest BCUT2D eigenvalue weighted by atomic mass is 16.5. The van der Waals surface area contributed by atoms with E-state index >= 15 is 0 Å². The SMILES string of the molecule is CNc1cn2ccnc2c(N(C)CCOCC2CC2)n1. The number of fused-ring (bicyclic) bond motifs is 1. The minimum Gasteiger partial charge on any atom is -0.379 e. The van der Waals surface area contributed by atoms with E-state index in [1.165, 1.54) is 12.8 Å². The Balaban J connectivity index is 1.68. The van der Waals surface area contributed by atoms with Crippen molar-refractivity contribution in [2.45, 2.75) is 12.8 Å². The molecule has 2 aromatic heterocycles. The summed E-state index contributed by atoms with van der Waals surface area (Å²) in [5.41, 5.74) is 0.869. The van der Waals surface area contributed by atoms with Crippen LogP contribution in [0.1, 0.15) is 12.8 Å². The number of likely N-dealkylation sites (N-methyl/N-ethyl adjacent to an activating group) is 1. The molecule has 2 aromatic rings. The first kappa shape index (κ1) is 13.2. The second-order valence-corrected chi connectivity index (χ2v) is 5.30. The Hall–Kier alpha value is -1.82. The second-order valence-electron chi connectivity index (χ2n) is 5.30. The summed E-state index contributed by atoms with van der Waals surface area (Å²) < 4.78 is 7.67. The van der Waals surface area contributed by atoms with Crippen molar-refractivity contribution < 1.29 is 4.74 Å². The number of ether oxygens (including phenoxy) is 1. The minimum atomic E-state index is 0.728. The van der Waals surface area contributed by atoms with Gasteiger partial charge in [-0.25, -0.2) is 9.97 Å². The Labute approximate surface area is 118 Å². The van der Waals surface area contributed by atoms with Crippen molar-refractivity contribution in [1.82, 2.24) is 14.4 Å². The van der Waals surface area contributed by atoms with Gasteiger partial charge in [0.15, 0.2) is 11.5 Å². The lowest BCUT2D eigenvalue weighted by Gasteiger charge is -2.19. The number of imidazole rings is 1. The molecule has 1 aliphatic rings. The van der Waals surface area contributed by atoms with E-state index in [0.29, 0.717) is 0 Å². The van der Waals surface area contributed by atoms with Crippen LogP contribution >= 0.6 is 0 Å². The van der Waals surface area contributed by atoms with Crippen LogP contribution in [0.4, 0.5) is 11.6 Å². The molecule has 0 atom stereocenters. The summed E-state index contributed by atoms with van der Waals surface area (Å²) in [6.45, 7) is 2.44. The molecule has 6 heteroatoms. The molecule has 0 amide bonds. The maximum absolute atomic E-state index is 5.69. The third-order valence-corrected chi connectivity index (χ3v) is 3.60. The topological polar surface area (TPSA) is 54.7 Å². The number of aromatic nitrogens is 3. The van der Waals surface area contributed by atoms with E-state index in [4.69, 9.17) is 4.74 Å². The molecule has 3 rings (SSSR count). The van der Waals surface area contributed by atoms with Crippen molar-refractivity contribution >= 4 is 17.3 Å². The summed E-state index contributed by atoms with van der Waals surface area (Å²) in [6.07, 6.45) is 8.31. The number of nitrogens with zero attached hydrogens (tertiary/aromatic N) is 4. The molecule has 0 saturated heterocycles. The van der Waals surface area contributed by atoms with Crippen LogP contribution in [0, 0.1) is 5.92 Å². The first-order valence-corrected chi connectivity index (χ1v) is 7.08. The van der Waals surface area contributed by atoms with E-state index < -0.39 is 0 Å². The molecule has 0 bridgehead atoms. The zero-order chi connectivity index (χ0) is 13.9. The molecule has 6 nitrogen and oxygen atoms in total. The van der Waals surface area contributed by atoms with Crippen LogP contribution in [0.3, 0.4) is 0 Å². The number of anilines is 2. The average Bonchev–Trinajstić information content (AvgIpc) is 3.17. The molecule has 108 valence electrons. The summed E-state index contributed by atoms with van der Waals surface area (Å²) in [5.74, 6) is 2.51. The van der Waals surface area contributed by atoms with Gasteiger partial charge in [-0.1, -0.05) is 0 Å². The highest BCUT2D eigenvalue weighted by Crippen LogP contribution is 2.28. The Morgan fingerprint density at radius 1 is 1.50 bits per heavy atom. The maximum atomic E-state index is 5.69. The van der Waals surface area contributed by atoms with Crippen molar-refractivity contribution in [1.29, 1.82) is 0 Å². The van der Waals surface area contributed by atoms with Gasteiger partial charge in [0.25, 0.3) is 0 Å². The van der Waals surface area contributed by atoms with E-state index in [2.05, 4.69) is 20.2 Å². The maximum Gasteiger partial charge on any atom is 0.180 e. The number of hydrogen-bond acceptors (Lipinski definition) is 5. The van der Waals surface area contributed by atoms with Crippen molar-refractivity contribution in [3.8, 4) is 0 Å². The summed E-state index contributed by atoms with van der Waals surface area (Å²) in [5, 5.41) is 3.08. The molecule has 20 heavy (non-hydrogen) atoms. The van der Waals surface area contributed by atoms with Crippen LogP contribution < -0.4 is 10.2 Å². The predicted molar refractivity (Wildman–Crippen MR) is 79.3 cm³/mol. The van der Waals surface area contributed by atoms with E-state index in [9.17, 15) is 0 Å². The van der Waals surface area contributed by atoms with Gasteiger partial charge in [0, 0.05) is 39.6 Å². The van der Waals surface area contributed by atoms with Gasteiger partial charge < -0.3 is 19.4 Å². The Bertz CT molecular complexity index is 578. The van der Waals surface area contributed by atoms with Gasteiger partial charge in [0.2, 0.25) is 0 Å². The fraction of sp³-hybridized carbons (Fsp3) is 0.571. The third kappa shape index (κ3) is 2.85. The molecule has 0 aliphatic heterocycles. The molecule has 0 aromatic carbocycles. The van der Waals surface area contributed by atoms with E-state index in [-0.39, 0.29) is 0 Å².